The molecule has 0 spiro atoms. The van der Waals surface area contributed by atoms with E-state index in [9.17, 15) is 22.8 Å². The Morgan fingerprint density at radius 2 is 1.69 bits per heavy atom. The Morgan fingerprint density at radius 1 is 0.979 bits per heavy atom. The molecule has 0 N–H and O–H groups in total. The van der Waals surface area contributed by atoms with Gasteiger partial charge in [-0.1, -0.05) is 18.2 Å². The number of hydrogen-bond acceptors (Lipinski definition) is 7. The average molecular weight is 676 g/mol. The minimum absolute atomic E-state index is 0.0126. The van der Waals surface area contributed by atoms with Gasteiger partial charge in [0.15, 0.2) is 0 Å². The van der Waals surface area contributed by atoms with Gasteiger partial charge >= 0.3 is 12.1 Å². The molecule has 12 heteroatoms. The smallest absolute Gasteiger partial charge is 0.416 e. The van der Waals surface area contributed by atoms with Crippen LogP contribution in [-0.2, 0) is 25.2 Å². The van der Waals surface area contributed by atoms with Crippen LogP contribution in [0.25, 0.3) is 0 Å². The molecule has 0 saturated carbocycles. The quantitative estimate of drug-likeness (QED) is 0.259. The fraction of sp³-hybridized carbons (Fsp3) is 0.611. The van der Waals surface area contributed by atoms with Crippen molar-refractivity contribution in [2.45, 2.75) is 68.8 Å². The molecular formula is C36H45F4N3O5. The summed E-state index contributed by atoms with van der Waals surface area (Å²) in [6, 6.07) is 11.2. The molecule has 0 radical (unpaired) electrons. The molecule has 2 aromatic carbocycles. The number of benzene rings is 2. The zero-order valence-corrected chi connectivity index (χ0v) is 27.6. The van der Waals surface area contributed by atoms with Gasteiger partial charge in [0.1, 0.15) is 5.75 Å². The number of nitrogens with zero attached hydrogens (tertiary/aromatic N) is 3. The van der Waals surface area contributed by atoms with Crippen molar-refractivity contribution in [2.24, 2.45) is 5.92 Å². The van der Waals surface area contributed by atoms with Crippen molar-refractivity contribution < 1.29 is 41.4 Å². The largest absolute Gasteiger partial charge is 0.497 e. The third-order valence-electron chi connectivity index (χ3n) is 10.7. The first-order valence-corrected chi connectivity index (χ1v) is 17.1. The van der Waals surface area contributed by atoms with E-state index in [4.69, 9.17) is 14.2 Å². The number of ether oxygens (including phenoxy) is 3. The third-order valence-corrected chi connectivity index (χ3v) is 10.7. The molecule has 262 valence electrons. The molecule has 4 saturated heterocycles. The lowest BCUT2D eigenvalue weighted by atomic mass is 9.83. The summed E-state index contributed by atoms with van der Waals surface area (Å²) in [7, 11) is 1.57. The molecule has 0 bridgehead atoms. The number of carbonyl (C=O) groups excluding carboxylic acids is 2. The lowest BCUT2D eigenvalue weighted by Gasteiger charge is -2.39. The molecule has 1 unspecified atom stereocenters. The SMILES string of the molecule is CCOC(=O)C1CCN(c2cc(C(F)(F)F)ccc2C2CCN(C(=O)[C@]3(F)CN(C4CCOC4)C[C@H]3c3ccc(OC)cc3)CC2)CC1. The lowest BCUT2D eigenvalue weighted by Crippen LogP contribution is -2.52. The molecule has 0 aliphatic carbocycles. The van der Waals surface area contributed by atoms with Gasteiger partial charge in [0, 0.05) is 63.5 Å². The number of esters is 1. The van der Waals surface area contributed by atoms with Crippen LogP contribution in [0.5, 0.6) is 5.75 Å². The first kappa shape index (κ1) is 34.5. The average Bonchev–Trinajstić information content (AvgIpc) is 3.77. The maximum absolute atomic E-state index is 17.3. The summed E-state index contributed by atoms with van der Waals surface area (Å²) in [6.45, 7) is 5.06. The fourth-order valence-electron chi connectivity index (χ4n) is 7.97. The molecule has 4 heterocycles. The summed E-state index contributed by atoms with van der Waals surface area (Å²) in [5, 5.41) is 0. The topological polar surface area (TPSA) is 71.6 Å². The Bertz CT molecular complexity index is 1430. The standard InChI is InChI=1S/C36H45F4N3O5/c1-3-48-33(44)26-12-15-41(16-13-26)32-20-27(36(38,39)40)6-9-30(32)24-10-17-42(18-11-24)34(45)35(37)23-43(28-14-19-47-22-28)21-31(35)25-4-7-29(46-2)8-5-25/h4-9,20,24,26,28,31H,3,10-19,21-23H2,1-2H3/t28?,31-,35-/m0/s1. The van der Waals surface area contributed by atoms with E-state index >= 15 is 4.39 Å². The second kappa shape index (κ2) is 14.2. The first-order chi connectivity index (χ1) is 23.0. The van der Waals surface area contributed by atoms with Crippen LogP contribution in [0.4, 0.5) is 23.2 Å². The van der Waals surface area contributed by atoms with Crippen LogP contribution in [0.3, 0.4) is 0 Å². The number of likely N-dealkylation sites (tertiary alicyclic amines) is 2. The molecule has 4 fully saturated rings. The van der Waals surface area contributed by atoms with E-state index in [1.807, 2.05) is 21.9 Å². The maximum atomic E-state index is 17.3. The van der Waals surface area contributed by atoms with Gasteiger partial charge in [-0.15, -0.1) is 0 Å². The molecule has 4 aliphatic rings. The number of halogens is 4. The highest BCUT2D eigenvalue weighted by Crippen LogP contribution is 2.45. The summed E-state index contributed by atoms with van der Waals surface area (Å²) < 4.78 is 74.8. The zero-order valence-electron chi connectivity index (χ0n) is 27.6. The second-order valence-electron chi connectivity index (χ2n) is 13.5. The Morgan fingerprint density at radius 3 is 2.29 bits per heavy atom. The Hall–Kier alpha value is -3.38. The van der Waals surface area contributed by atoms with Crippen molar-refractivity contribution in [1.82, 2.24) is 9.80 Å². The highest BCUT2D eigenvalue weighted by atomic mass is 19.4. The van der Waals surface area contributed by atoms with Crippen molar-refractivity contribution in [3.05, 3.63) is 59.2 Å². The normalized spacial score (nSPS) is 26.2. The molecule has 3 atom stereocenters. The van der Waals surface area contributed by atoms with Crippen molar-refractivity contribution in [3.63, 3.8) is 0 Å². The minimum Gasteiger partial charge on any atom is -0.497 e. The molecule has 0 aromatic heterocycles. The van der Waals surface area contributed by atoms with E-state index in [2.05, 4.69) is 0 Å². The van der Waals surface area contributed by atoms with Crippen LogP contribution in [0, 0.1) is 5.92 Å². The predicted octanol–water partition coefficient (Wildman–Crippen LogP) is 5.80. The highest BCUT2D eigenvalue weighted by molar-refractivity contribution is 5.87. The second-order valence-corrected chi connectivity index (χ2v) is 13.5. The van der Waals surface area contributed by atoms with Gasteiger partial charge in [-0.3, -0.25) is 14.5 Å². The molecular weight excluding hydrogens is 630 g/mol. The van der Waals surface area contributed by atoms with Crippen molar-refractivity contribution >= 4 is 17.6 Å². The number of amides is 1. The third kappa shape index (κ3) is 7.01. The number of anilines is 1. The Labute approximate surface area is 279 Å². The van der Waals surface area contributed by atoms with Gasteiger partial charge in [-0.25, -0.2) is 4.39 Å². The number of rotatable bonds is 8. The summed E-state index contributed by atoms with van der Waals surface area (Å²) >= 11 is 0. The summed E-state index contributed by atoms with van der Waals surface area (Å²) in [6.07, 6.45) is -1.69. The molecule has 2 aromatic rings. The fourth-order valence-corrected chi connectivity index (χ4v) is 7.97. The molecule has 1 amide bonds. The van der Waals surface area contributed by atoms with Gasteiger partial charge in [-0.05, 0) is 80.3 Å². The molecule has 48 heavy (non-hydrogen) atoms. The van der Waals surface area contributed by atoms with Crippen LogP contribution in [0.1, 0.15) is 67.6 Å². The number of alkyl halides is 4. The highest BCUT2D eigenvalue weighted by Gasteiger charge is 2.56. The zero-order chi connectivity index (χ0) is 34.1. The molecule has 8 nitrogen and oxygen atoms in total. The van der Waals surface area contributed by atoms with E-state index in [-0.39, 0.29) is 37.0 Å². The van der Waals surface area contributed by atoms with Crippen LogP contribution >= 0.6 is 0 Å². The van der Waals surface area contributed by atoms with Gasteiger partial charge in [0.2, 0.25) is 5.67 Å². The lowest BCUT2D eigenvalue weighted by molar-refractivity contribution is -0.148. The van der Waals surface area contributed by atoms with Gasteiger partial charge < -0.3 is 24.0 Å². The maximum Gasteiger partial charge on any atom is 0.416 e. The number of carbonyl (C=O) groups is 2. The molecule has 4 aliphatic heterocycles. The summed E-state index contributed by atoms with van der Waals surface area (Å²) in [5.74, 6) is -1.17. The van der Waals surface area contributed by atoms with E-state index in [0.29, 0.717) is 83.1 Å². The summed E-state index contributed by atoms with van der Waals surface area (Å²) in [5.41, 5.74) is -0.798. The Balaban J connectivity index is 1.19. The minimum atomic E-state index is -4.50. The number of methoxy groups -OCH3 is 1. The van der Waals surface area contributed by atoms with E-state index in [1.165, 1.54) is 6.07 Å². The van der Waals surface area contributed by atoms with Gasteiger partial charge in [0.25, 0.3) is 5.91 Å². The van der Waals surface area contributed by atoms with Crippen molar-refractivity contribution in [2.75, 3.05) is 71.1 Å². The molecule has 6 rings (SSSR count). The van der Waals surface area contributed by atoms with Crippen LogP contribution in [-0.4, -0.2) is 99.6 Å². The summed E-state index contributed by atoms with van der Waals surface area (Å²) in [4.78, 5) is 32.0. The van der Waals surface area contributed by atoms with E-state index in [0.717, 1.165) is 23.6 Å². The van der Waals surface area contributed by atoms with Gasteiger partial charge in [0.05, 0.1) is 31.8 Å². The van der Waals surface area contributed by atoms with Crippen LogP contribution in [0.2, 0.25) is 0 Å². The van der Waals surface area contributed by atoms with Crippen LogP contribution < -0.4 is 9.64 Å². The number of hydrogen-bond donors (Lipinski definition) is 0. The first-order valence-electron chi connectivity index (χ1n) is 17.1. The monoisotopic (exact) mass is 675 g/mol. The van der Waals surface area contributed by atoms with Gasteiger partial charge in [-0.2, -0.15) is 13.2 Å². The van der Waals surface area contributed by atoms with E-state index in [1.54, 1.807) is 37.1 Å². The van der Waals surface area contributed by atoms with Crippen molar-refractivity contribution in [3.8, 4) is 5.75 Å². The van der Waals surface area contributed by atoms with Crippen molar-refractivity contribution in [1.29, 1.82) is 0 Å². The predicted molar refractivity (Wildman–Crippen MR) is 172 cm³/mol. The number of piperidine rings is 2. The van der Waals surface area contributed by atoms with Crippen LogP contribution in [0.15, 0.2) is 42.5 Å². The van der Waals surface area contributed by atoms with E-state index < -0.39 is 29.2 Å². The Kier molecular flexibility index (Phi) is 10.2.